The Bertz CT molecular complexity index is 711. The average molecular weight is 399 g/mol. The minimum absolute atomic E-state index is 0.283. The van der Waals surface area contributed by atoms with Gasteiger partial charge in [0.05, 0.1) is 13.7 Å². The molecule has 0 radical (unpaired) electrons. The van der Waals surface area contributed by atoms with Crippen LogP contribution in [0, 0.1) is 11.3 Å². The van der Waals surface area contributed by atoms with Gasteiger partial charge in [-0.05, 0) is 72.4 Å². The van der Waals surface area contributed by atoms with Crippen LogP contribution in [0.5, 0.6) is 11.5 Å². The SMILES string of the molecule is COc1ccc(CCOC(C)Oc2ccc(C(CC(C)(C)C)C(C)C)cc2)cc1. The highest BCUT2D eigenvalue weighted by atomic mass is 16.7. The summed E-state index contributed by atoms with van der Waals surface area (Å²) in [5, 5.41) is 0. The second kappa shape index (κ2) is 10.7. The summed E-state index contributed by atoms with van der Waals surface area (Å²) in [4.78, 5) is 0. The predicted octanol–water partition coefficient (Wildman–Crippen LogP) is 6.86. The highest BCUT2D eigenvalue weighted by Gasteiger charge is 2.23. The molecule has 0 aliphatic rings. The first-order valence-electron chi connectivity index (χ1n) is 10.7. The summed E-state index contributed by atoms with van der Waals surface area (Å²) >= 11 is 0. The van der Waals surface area contributed by atoms with E-state index in [2.05, 4.69) is 71.0 Å². The van der Waals surface area contributed by atoms with Crippen LogP contribution in [0.2, 0.25) is 0 Å². The van der Waals surface area contributed by atoms with Crippen molar-refractivity contribution >= 4 is 0 Å². The minimum Gasteiger partial charge on any atom is -0.497 e. The molecule has 2 rings (SSSR count). The third-order valence-electron chi connectivity index (χ3n) is 5.15. The predicted molar refractivity (Wildman–Crippen MR) is 121 cm³/mol. The van der Waals surface area contributed by atoms with Gasteiger partial charge in [-0.15, -0.1) is 0 Å². The van der Waals surface area contributed by atoms with E-state index >= 15 is 0 Å². The Labute approximate surface area is 177 Å². The normalized spacial score (nSPS) is 13.9. The van der Waals surface area contributed by atoms with Crippen molar-refractivity contribution in [3.05, 3.63) is 59.7 Å². The zero-order valence-electron chi connectivity index (χ0n) is 19.2. The van der Waals surface area contributed by atoms with E-state index in [9.17, 15) is 0 Å². The standard InChI is InChI=1S/C26H38O3/c1-19(2)25(18-26(4,5)6)22-10-14-24(15-11-22)29-20(3)28-17-16-21-8-12-23(27-7)13-9-21/h8-15,19-20,25H,16-18H2,1-7H3. The van der Waals surface area contributed by atoms with E-state index in [1.807, 2.05) is 19.1 Å². The summed E-state index contributed by atoms with van der Waals surface area (Å²) in [6.45, 7) is 14.1. The van der Waals surface area contributed by atoms with Crippen molar-refractivity contribution in [3.8, 4) is 11.5 Å². The van der Waals surface area contributed by atoms with Gasteiger partial charge in [0.1, 0.15) is 11.5 Å². The summed E-state index contributed by atoms with van der Waals surface area (Å²) in [5.41, 5.74) is 2.92. The molecule has 160 valence electrons. The smallest absolute Gasteiger partial charge is 0.196 e. The van der Waals surface area contributed by atoms with Crippen LogP contribution in [0.25, 0.3) is 0 Å². The molecule has 2 aromatic rings. The van der Waals surface area contributed by atoms with E-state index in [1.54, 1.807) is 7.11 Å². The summed E-state index contributed by atoms with van der Waals surface area (Å²) < 4.78 is 17.0. The molecule has 0 aliphatic heterocycles. The molecule has 2 aromatic carbocycles. The van der Waals surface area contributed by atoms with Gasteiger partial charge >= 0.3 is 0 Å². The molecule has 0 bridgehead atoms. The van der Waals surface area contributed by atoms with Gasteiger partial charge in [0.25, 0.3) is 0 Å². The summed E-state index contributed by atoms with van der Waals surface area (Å²) in [7, 11) is 1.68. The molecule has 0 saturated heterocycles. The lowest BCUT2D eigenvalue weighted by atomic mass is 9.76. The van der Waals surface area contributed by atoms with Crippen molar-refractivity contribution in [2.75, 3.05) is 13.7 Å². The van der Waals surface area contributed by atoms with Crippen LogP contribution in [0.15, 0.2) is 48.5 Å². The maximum atomic E-state index is 5.94. The topological polar surface area (TPSA) is 27.7 Å². The van der Waals surface area contributed by atoms with Gasteiger partial charge in [-0.25, -0.2) is 0 Å². The Morgan fingerprint density at radius 1 is 0.828 bits per heavy atom. The number of benzene rings is 2. The fourth-order valence-electron chi connectivity index (χ4n) is 3.55. The van der Waals surface area contributed by atoms with Crippen molar-refractivity contribution in [2.24, 2.45) is 11.3 Å². The number of rotatable bonds is 10. The molecule has 0 aliphatic carbocycles. The molecule has 0 aromatic heterocycles. The van der Waals surface area contributed by atoms with Gasteiger partial charge < -0.3 is 14.2 Å². The van der Waals surface area contributed by atoms with E-state index in [1.165, 1.54) is 17.5 Å². The van der Waals surface area contributed by atoms with E-state index in [0.29, 0.717) is 23.9 Å². The van der Waals surface area contributed by atoms with Gasteiger partial charge in [0.15, 0.2) is 6.29 Å². The Morgan fingerprint density at radius 2 is 1.41 bits per heavy atom. The Hall–Kier alpha value is -2.00. The van der Waals surface area contributed by atoms with E-state index in [0.717, 1.165) is 17.9 Å². The zero-order chi connectivity index (χ0) is 21.4. The number of ether oxygens (including phenoxy) is 3. The number of hydrogen-bond acceptors (Lipinski definition) is 3. The second-order valence-corrected chi connectivity index (χ2v) is 9.34. The number of hydrogen-bond donors (Lipinski definition) is 0. The Balaban J connectivity index is 1.84. The van der Waals surface area contributed by atoms with Gasteiger partial charge in [0.2, 0.25) is 0 Å². The molecule has 0 N–H and O–H groups in total. The average Bonchev–Trinajstić information content (AvgIpc) is 2.66. The molecule has 3 nitrogen and oxygen atoms in total. The first-order valence-corrected chi connectivity index (χ1v) is 10.7. The van der Waals surface area contributed by atoms with Crippen LogP contribution in [0.4, 0.5) is 0 Å². The Morgan fingerprint density at radius 3 is 1.93 bits per heavy atom. The molecule has 0 fully saturated rings. The largest absolute Gasteiger partial charge is 0.497 e. The maximum absolute atomic E-state index is 5.94. The Kier molecular flexibility index (Phi) is 8.58. The van der Waals surface area contributed by atoms with Gasteiger partial charge in [-0.3, -0.25) is 0 Å². The lowest BCUT2D eigenvalue weighted by molar-refractivity contribution is -0.0654. The number of methoxy groups -OCH3 is 1. The van der Waals surface area contributed by atoms with Gasteiger partial charge in [0, 0.05) is 0 Å². The molecule has 2 atom stereocenters. The molecule has 0 saturated carbocycles. The molecular formula is C26H38O3. The molecular weight excluding hydrogens is 360 g/mol. The first kappa shape index (κ1) is 23.3. The maximum Gasteiger partial charge on any atom is 0.196 e. The fourth-order valence-corrected chi connectivity index (χ4v) is 3.55. The fraction of sp³-hybridized carbons (Fsp3) is 0.538. The highest BCUT2D eigenvalue weighted by Crippen LogP contribution is 2.36. The van der Waals surface area contributed by atoms with Crippen molar-refractivity contribution in [1.82, 2.24) is 0 Å². The van der Waals surface area contributed by atoms with Crippen LogP contribution < -0.4 is 9.47 Å². The summed E-state index contributed by atoms with van der Waals surface area (Å²) in [6.07, 6.45) is 1.74. The molecule has 0 heterocycles. The van der Waals surface area contributed by atoms with Crippen molar-refractivity contribution in [1.29, 1.82) is 0 Å². The van der Waals surface area contributed by atoms with Crippen molar-refractivity contribution < 1.29 is 14.2 Å². The lowest BCUT2D eigenvalue weighted by Crippen LogP contribution is -2.18. The van der Waals surface area contributed by atoms with Gasteiger partial charge in [-0.2, -0.15) is 0 Å². The highest BCUT2D eigenvalue weighted by molar-refractivity contribution is 5.30. The van der Waals surface area contributed by atoms with Crippen LogP contribution in [-0.2, 0) is 11.2 Å². The van der Waals surface area contributed by atoms with Crippen molar-refractivity contribution in [2.45, 2.75) is 66.6 Å². The van der Waals surface area contributed by atoms with Crippen LogP contribution >= 0.6 is 0 Å². The summed E-state index contributed by atoms with van der Waals surface area (Å²) in [5.74, 6) is 2.89. The molecule has 3 heteroatoms. The monoisotopic (exact) mass is 398 g/mol. The quantitative estimate of drug-likeness (QED) is 0.409. The second-order valence-electron chi connectivity index (χ2n) is 9.34. The van der Waals surface area contributed by atoms with Crippen LogP contribution in [-0.4, -0.2) is 20.0 Å². The molecule has 2 unspecified atom stereocenters. The molecule has 0 spiro atoms. The zero-order valence-corrected chi connectivity index (χ0v) is 19.2. The minimum atomic E-state index is -0.283. The lowest BCUT2D eigenvalue weighted by Gasteiger charge is -2.29. The van der Waals surface area contributed by atoms with E-state index < -0.39 is 0 Å². The van der Waals surface area contributed by atoms with E-state index in [4.69, 9.17) is 14.2 Å². The molecule has 29 heavy (non-hydrogen) atoms. The third kappa shape index (κ3) is 8.10. The molecule has 0 amide bonds. The van der Waals surface area contributed by atoms with Crippen molar-refractivity contribution in [3.63, 3.8) is 0 Å². The third-order valence-corrected chi connectivity index (χ3v) is 5.15. The summed E-state index contributed by atoms with van der Waals surface area (Å²) in [6, 6.07) is 16.6. The van der Waals surface area contributed by atoms with E-state index in [-0.39, 0.29) is 6.29 Å². The van der Waals surface area contributed by atoms with Crippen LogP contribution in [0.1, 0.15) is 65.0 Å². The van der Waals surface area contributed by atoms with Crippen LogP contribution in [0.3, 0.4) is 0 Å². The first-order chi connectivity index (χ1) is 13.7. The van der Waals surface area contributed by atoms with Gasteiger partial charge in [-0.1, -0.05) is 58.9 Å².